The van der Waals surface area contributed by atoms with Gasteiger partial charge in [0.05, 0.1) is 22.1 Å². The molecule has 1 fully saturated rings. The van der Waals surface area contributed by atoms with E-state index in [1.54, 1.807) is 23.2 Å². The fraction of sp³-hybridized carbons (Fsp3) is 0.462. The van der Waals surface area contributed by atoms with Crippen LogP contribution in [0.4, 0.5) is 10.7 Å². The minimum absolute atomic E-state index is 0.135. The maximum atomic E-state index is 13.1. The Balaban J connectivity index is 1.74. The van der Waals surface area contributed by atoms with E-state index in [1.807, 2.05) is 51.3 Å². The summed E-state index contributed by atoms with van der Waals surface area (Å²) >= 11 is 6.71. The first-order valence-corrected chi connectivity index (χ1v) is 12.3. The van der Waals surface area contributed by atoms with Gasteiger partial charge in [-0.15, -0.1) is 0 Å². The minimum atomic E-state index is -0.580. The molecule has 186 valence electrons. The number of likely N-dealkylation sites (tertiary alicyclic amines) is 1. The highest BCUT2D eigenvalue weighted by Gasteiger charge is 2.30. The number of benzene rings is 1. The van der Waals surface area contributed by atoms with Crippen LogP contribution in [0.5, 0.6) is 0 Å². The first-order valence-electron chi connectivity index (χ1n) is 11.9. The number of nitrogens with zero attached hydrogens (tertiary/aromatic N) is 4. The molecular weight excluding hydrogens is 466 g/mol. The maximum absolute atomic E-state index is 13.1. The molecule has 1 saturated heterocycles. The predicted octanol–water partition coefficient (Wildman–Crippen LogP) is 5.92. The number of hydrogen-bond acceptors (Lipinski definition) is 5. The van der Waals surface area contributed by atoms with Crippen LogP contribution in [0, 0.1) is 13.8 Å². The van der Waals surface area contributed by atoms with Crippen LogP contribution in [0.15, 0.2) is 30.5 Å². The van der Waals surface area contributed by atoms with Gasteiger partial charge in [0.1, 0.15) is 5.60 Å². The molecule has 1 aliphatic heterocycles. The average molecular weight is 498 g/mol. The van der Waals surface area contributed by atoms with E-state index in [1.165, 1.54) is 0 Å². The van der Waals surface area contributed by atoms with E-state index in [0.29, 0.717) is 35.1 Å². The highest BCUT2D eigenvalue weighted by Crippen LogP contribution is 2.35. The van der Waals surface area contributed by atoms with Gasteiger partial charge in [0.2, 0.25) is 5.95 Å². The van der Waals surface area contributed by atoms with E-state index in [2.05, 4.69) is 10.3 Å². The monoisotopic (exact) mass is 497 g/mol. The molecule has 3 heterocycles. The molecule has 2 aromatic heterocycles. The summed E-state index contributed by atoms with van der Waals surface area (Å²) in [5.74, 6) is 0.125. The molecule has 1 atom stereocenters. The normalized spacial score (nSPS) is 16.7. The summed E-state index contributed by atoms with van der Waals surface area (Å²) in [5.41, 5.74) is 3.09. The van der Waals surface area contributed by atoms with Crippen LogP contribution in [0.2, 0.25) is 5.02 Å². The summed E-state index contributed by atoms with van der Waals surface area (Å²) in [6.45, 7) is 10.4. The van der Waals surface area contributed by atoms with Crippen LogP contribution >= 0.6 is 11.6 Å². The zero-order valence-electron chi connectivity index (χ0n) is 20.9. The number of hydrogen-bond donors (Lipinski definition) is 1. The Bertz CT molecular complexity index is 1260. The Kier molecular flexibility index (Phi) is 7.03. The van der Waals surface area contributed by atoms with Crippen molar-refractivity contribution in [2.75, 3.05) is 18.4 Å². The molecule has 8 nitrogen and oxygen atoms in total. The van der Waals surface area contributed by atoms with Crippen molar-refractivity contribution in [3.63, 3.8) is 0 Å². The Morgan fingerprint density at radius 3 is 2.66 bits per heavy atom. The fourth-order valence-corrected chi connectivity index (χ4v) is 4.80. The number of halogens is 1. The number of ether oxygens (including phenoxy) is 1. The zero-order valence-corrected chi connectivity index (χ0v) is 21.6. The predicted molar refractivity (Wildman–Crippen MR) is 137 cm³/mol. The highest BCUT2D eigenvalue weighted by atomic mass is 35.5. The molecule has 4 rings (SSSR count). The van der Waals surface area contributed by atoms with E-state index in [-0.39, 0.29) is 18.0 Å². The van der Waals surface area contributed by atoms with Crippen LogP contribution in [-0.2, 0) is 4.74 Å². The standard InChI is InChI=1S/C26H32ClN5O3/c1-16-12-20(27)22-21(13-16)29-24(30-23(33)18-9-10-28-17(2)14-18)32(22)19-8-6-7-11-31(15-19)25(34)35-26(3,4)5/h9-10,12-14,19H,6-8,11,15H2,1-5H3,(H,29,30,33)/t19-/m1/s1. The number of anilines is 1. The van der Waals surface area contributed by atoms with Crippen molar-refractivity contribution in [3.8, 4) is 0 Å². The molecule has 1 aliphatic rings. The number of pyridine rings is 1. The van der Waals surface area contributed by atoms with Crippen LogP contribution in [-0.4, -0.2) is 50.1 Å². The number of rotatable bonds is 3. The molecule has 1 aromatic carbocycles. The van der Waals surface area contributed by atoms with Gasteiger partial charge in [-0.3, -0.25) is 15.1 Å². The summed E-state index contributed by atoms with van der Waals surface area (Å²) in [7, 11) is 0. The lowest BCUT2D eigenvalue weighted by Gasteiger charge is -2.29. The second kappa shape index (κ2) is 9.85. The Labute approximate surface area is 210 Å². The first-order chi connectivity index (χ1) is 16.5. The molecule has 1 N–H and O–H groups in total. The highest BCUT2D eigenvalue weighted by molar-refractivity contribution is 6.35. The van der Waals surface area contributed by atoms with Gasteiger partial charge in [0.15, 0.2) is 0 Å². The number of carbonyl (C=O) groups excluding carboxylic acids is 2. The number of nitrogens with one attached hydrogen (secondary N) is 1. The molecule has 0 bridgehead atoms. The Hall–Kier alpha value is -3.13. The van der Waals surface area contributed by atoms with Crippen molar-refractivity contribution in [2.24, 2.45) is 0 Å². The van der Waals surface area contributed by atoms with E-state index >= 15 is 0 Å². The van der Waals surface area contributed by atoms with Gasteiger partial charge in [-0.05, 0) is 83.7 Å². The van der Waals surface area contributed by atoms with Gasteiger partial charge in [-0.2, -0.15) is 0 Å². The Morgan fingerprint density at radius 1 is 1.17 bits per heavy atom. The summed E-state index contributed by atoms with van der Waals surface area (Å²) in [5, 5.41) is 3.54. The van der Waals surface area contributed by atoms with Gasteiger partial charge >= 0.3 is 6.09 Å². The minimum Gasteiger partial charge on any atom is -0.444 e. The molecule has 3 aromatic rings. The topological polar surface area (TPSA) is 89.4 Å². The van der Waals surface area contributed by atoms with Crippen molar-refractivity contribution in [1.82, 2.24) is 19.4 Å². The van der Waals surface area contributed by atoms with E-state index in [4.69, 9.17) is 21.3 Å². The first kappa shape index (κ1) is 25.0. The Morgan fingerprint density at radius 2 is 1.94 bits per heavy atom. The fourth-order valence-electron chi connectivity index (χ4n) is 4.44. The number of amides is 2. The molecule has 0 radical (unpaired) electrons. The third-order valence-electron chi connectivity index (χ3n) is 5.93. The van der Waals surface area contributed by atoms with Crippen molar-refractivity contribution < 1.29 is 14.3 Å². The number of aryl methyl sites for hydroxylation is 2. The van der Waals surface area contributed by atoms with Crippen molar-refractivity contribution in [2.45, 2.75) is 65.5 Å². The van der Waals surface area contributed by atoms with Gasteiger partial charge in [0, 0.05) is 30.5 Å². The molecule has 0 spiro atoms. The molecule has 35 heavy (non-hydrogen) atoms. The third kappa shape index (κ3) is 5.75. The lowest BCUT2D eigenvalue weighted by molar-refractivity contribution is 0.0238. The quantitative estimate of drug-likeness (QED) is 0.485. The second-order valence-electron chi connectivity index (χ2n) is 10.1. The van der Waals surface area contributed by atoms with E-state index in [0.717, 1.165) is 36.0 Å². The lowest BCUT2D eigenvalue weighted by atomic mass is 10.1. The van der Waals surface area contributed by atoms with Crippen LogP contribution in [0.3, 0.4) is 0 Å². The summed E-state index contributed by atoms with van der Waals surface area (Å²) in [4.78, 5) is 36.7. The number of carbonyl (C=O) groups is 2. The maximum Gasteiger partial charge on any atom is 0.410 e. The zero-order chi connectivity index (χ0) is 25.3. The number of imidazole rings is 1. The van der Waals surface area contributed by atoms with Gasteiger partial charge in [-0.25, -0.2) is 9.78 Å². The summed E-state index contributed by atoms with van der Waals surface area (Å²) in [6, 6.07) is 7.11. The number of fused-ring (bicyclic) bond motifs is 1. The van der Waals surface area contributed by atoms with Crippen molar-refractivity contribution in [1.29, 1.82) is 0 Å². The van der Waals surface area contributed by atoms with Gasteiger partial charge in [0.25, 0.3) is 5.91 Å². The van der Waals surface area contributed by atoms with E-state index < -0.39 is 5.60 Å². The summed E-state index contributed by atoms with van der Waals surface area (Å²) < 4.78 is 7.63. The second-order valence-corrected chi connectivity index (χ2v) is 10.5. The van der Waals surface area contributed by atoms with E-state index in [9.17, 15) is 9.59 Å². The van der Waals surface area contributed by atoms with Crippen LogP contribution in [0.25, 0.3) is 11.0 Å². The average Bonchev–Trinajstić information content (AvgIpc) is 2.94. The van der Waals surface area contributed by atoms with Crippen molar-refractivity contribution in [3.05, 3.63) is 52.3 Å². The molecule has 0 saturated carbocycles. The smallest absolute Gasteiger partial charge is 0.410 e. The largest absolute Gasteiger partial charge is 0.444 e. The van der Waals surface area contributed by atoms with Crippen molar-refractivity contribution >= 4 is 40.6 Å². The number of aromatic nitrogens is 3. The lowest BCUT2D eigenvalue weighted by Crippen LogP contribution is -2.39. The van der Waals surface area contributed by atoms with Crippen LogP contribution in [0.1, 0.15) is 67.7 Å². The molecule has 0 aliphatic carbocycles. The van der Waals surface area contributed by atoms with Gasteiger partial charge in [-0.1, -0.05) is 11.6 Å². The molecule has 0 unspecified atom stereocenters. The van der Waals surface area contributed by atoms with Gasteiger partial charge < -0.3 is 14.2 Å². The SMILES string of the molecule is Cc1cc(Cl)c2c(c1)nc(NC(=O)c1ccnc(C)c1)n2[C@@H]1CCCCN(C(=O)OC(C)(C)C)C1. The molecule has 2 amide bonds. The molecule has 9 heteroatoms. The molecular formula is C26H32ClN5O3. The summed E-state index contributed by atoms with van der Waals surface area (Å²) in [6.07, 6.45) is 3.87. The third-order valence-corrected chi connectivity index (χ3v) is 6.22. The van der Waals surface area contributed by atoms with Crippen LogP contribution < -0.4 is 5.32 Å².